The van der Waals surface area contributed by atoms with Crippen molar-refractivity contribution in [3.05, 3.63) is 17.7 Å². The monoisotopic (exact) mass is 434 g/mol. The summed E-state index contributed by atoms with van der Waals surface area (Å²) in [6.07, 6.45) is 2.86. The minimum Gasteiger partial charge on any atom is -0.356 e. The summed E-state index contributed by atoms with van der Waals surface area (Å²) in [4.78, 5) is 33.8. The predicted molar refractivity (Wildman–Crippen MR) is 115 cm³/mol. The Kier molecular flexibility index (Phi) is 5.74. The van der Waals surface area contributed by atoms with E-state index in [9.17, 15) is 18.0 Å². The molecule has 30 heavy (non-hydrogen) atoms. The van der Waals surface area contributed by atoms with E-state index in [-0.39, 0.29) is 42.3 Å². The van der Waals surface area contributed by atoms with Crippen LogP contribution in [0.25, 0.3) is 0 Å². The number of hydrogen-bond donors (Lipinski definition) is 1. The Morgan fingerprint density at radius 2 is 1.80 bits per heavy atom. The molecule has 1 aromatic heterocycles. The fourth-order valence-electron chi connectivity index (χ4n) is 4.11. The molecule has 0 spiro atoms. The largest absolute Gasteiger partial charge is 0.356 e. The second-order valence-corrected chi connectivity index (χ2v) is 11.3. The highest BCUT2D eigenvalue weighted by molar-refractivity contribution is 7.91. The lowest BCUT2D eigenvalue weighted by Crippen LogP contribution is -2.44. The van der Waals surface area contributed by atoms with Gasteiger partial charge < -0.3 is 15.1 Å². The molecule has 1 aromatic rings. The quantitative estimate of drug-likeness (QED) is 0.758. The van der Waals surface area contributed by atoms with Crippen molar-refractivity contribution in [2.24, 2.45) is 17.8 Å². The normalized spacial score (nSPS) is 23.6. The summed E-state index contributed by atoms with van der Waals surface area (Å²) in [7, 11) is -3.06. The van der Waals surface area contributed by atoms with Crippen LogP contribution < -0.4 is 10.2 Å². The van der Waals surface area contributed by atoms with Crippen LogP contribution in [0.5, 0.6) is 0 Å². The van der Waals surface area contributed by atoms with Crippen LogP contribution >= 0.6 is 0 Å². The van der Waals surface area contributed by atoms with Gasteiger partial charge in [0.25, 0.3) is 5.91 Å². The summed E-state index contributed by atoms with van der Waals surface area (Å²) in [5.41, 5.74) is 0.475. The van der Waals surface area contributed by atoms with Crippen molar-refractivity contribution in [1.82, 2.24) is 9.88 Å². The zero-order valence-corrected chi connectivity index (χ0v) is 18.5. The summed E-state index contributed by atoms with van der Waals surface area (Å²) in [5, 5.41) is 2.88. The molecule has 1 N–H and O–H groups in total. The highest BCUT2D eigenvalue weighted by Gasteiger charge is 2.33. The molecule has 1 atom stereocenters. The van der Waals surface area contributed by atoms with Gasteiger partial charge >= 0.3 is 0 Å². The summed E-state index contributed by atoms with van der Waals surface area (Å²) >= 11 is 0. The van der Waals surface area contributed by atoms with Crippen LogP contribution in [0.3, 0.4) is 0 Å². The molecule has 3 aliphatic rings. The van der Waals surface area contributed by atoms with E-state index in [1.807, 2.05) is 0 Å². The molecule has 0 bridgehead atoms. The number of nitrogens with zero attached hydrogens (tertiary/aromatic N) is 3. The van der Waals surface area contributed by atoms with Gasteiger partial charge in [-0.15, -0.1) is 0 Å². The van der Waals surface area contributed by atoms with E-state index in [1.54, 1.807) is 17.0 Å². The number of carbonyl (C=O) groups is 2. The number of nitrogens with one attached hydrogen (secondary N) is 1. The van der Waals surface area contributed by atoms with Crippen molar-refractivity contribution in [2.45, 2.75) is 33.1 Å². The molecule has 0 aromatic carbocycles. The number of carbonyl (C=O) groups excluding carboxylic acids is 2. The second-order valence-electron chi connectivity index (χ2n) is 9.01. The summed E-state index contributed by atoms with van der Waals surface area (Å²) < 4.78 is 23.5. The van der Waals surface area contributed by atoms with Gasteiger partial charge in [-0.1, -0.05) is 13.8 Å². The lowest BCUT2D eigenvalue weighted by atomic mass is 9.95. The Hall–Kier alpha value is -2.16. The summed E-state index contributed by atoms with van der Waals surface area (Å²) in [6.45, 7) is 6.44. The fourth-order valence-corrected chi connectivity index (χ4v) is 5.31. The van der Waals surface area contributed by atoms with E-state index < -0.39 is 9.84 Å². The smallest absolute Gasteiger partial charge is 0.257 e. The van der Waals surface area contributed by atoms with E-state index in [4.69, 9.17) is 0 Å². The highest BCUT2D eigenvalue weighted by atomic mass is 32.2. The molecule has 4 rings (SSSR count). The predicted octanol–water partition coefficient (Wildman–Crippen LogP) is 1.78. The first kappa shape index (κ1) is 21.1. The maximum absolute atomic E-state index is 13.2. The van der Waals surface area contributed by atoms with Gasteiger partial charge in [0.05, 0.1) is 17.1 Å². The molecule has 2 aliphatic heterocycles. The van der Waals surface area contributed by atoms with Crippen molar-refractivity contribution >= 4 is 33.3 Å². The average molecular weight is 435 g/mol. The number of aromatic nitrogens is 1. The van der Waals surface area contributed by atoms with Crippen LogP contribution in [-0.4, -0.2) is 67.8 Å². The van der Waals surface area contributed by atoms with Gasteiger partial charge in [0.15, 0.2) is 9.84 Å². The van der Waals surface area contributed by atoms with E-state index in [0.717, 1.165) is 32.4 Å². The van der Waals surface area contributed by atoms with Crippen LogP contribution in [0.2, 0.25) is 0 Å². The number of hydrogen-bond acceptors (Lipinski definition) is 6. The van der Waals surface area contributed by atoms with E-state index in [1.165, 1.54) is 0 Å². The molecular formula is C21H30N4O4S. The third-order valence-corrected chi connectivity index (χ3v) is 8.01. The average Bonchev–Trinajstić information content (AvgIpc) is 3.44. The number of sulfone groups is 1. The Morgan fingerprint density at radius 3 is 2.40 bits per heavy atom. The number of anilines is 2. The molecule has 2 amide bonds. The summed E-state index contributed by atoms with van der Waals surface area (Å²) in [6, 6.07) is 3.40. The van der Waals surface area contributed by atoms with Crippen molar-refractivity contribution in [3.8, 4) is 0 Å². The van der Waals surface area contributed by atoms with Gasteiger partial charge in [-0.2, -0.15) is 0 Å². The van der Waals surface area contributed by atoms with Crippen molar-refractivity contribution < 1.29 is 18.0 Å². The van der Waals surface area contributed by atoms with Crippen molar-refractivity contribution in [3.63, 3.8) is 0 Å². The first-order chi connectivity index (χ1) is 14.2. The minimum absolute atomic E-state index is 0.00380. The maximum Gasteiger partial charge on any atom is 0.257 e. The first-order valence-corrected chi connectivity index (χ1v) is 12.6. The first-order valence-electron chi connectivity index (χ1n) is 10.8. The van der Waals surface area contributed by atoms with Gasteiger partial charge in [0.1, 0.15) is 11.6 Å². The van der Waals surface area contributed by atoms with Gasteiger partial charge in [-0.05, 0) is 43.2 Å². The summed E-state index contributed by atoms with van der Waals surface area (Å²) in [5.74, 6) is 1.98. The SMILES string of the molecule is CC(C)C1CCN(c2nc(NC(=O)C3CC3)ccc2C(=O)N2CCS(=O)(=O)CC2)C1. The molecule has 1 saturated carbocycles. The zero-order chi connectivity index (χ0) is 21.5. The van der Waals surface area contributed by atoms with Crippen LogP contribution in [0.4, 0.5) is 11.6 Å². The minimum atomic E-state index is -3.06. The molecule has 0 radical (unpaired) electrons. The molecule has 3 heterocycles. The zero-order valence-electron chi connectivity index (χ0n) is 17.6. The molecule has 8 nitrogen and oxygen atoms in total. The maximum atomic E-state index is 13.2. The third kappa shape index (κ3) is 4.61. The fraction of sp³-hybridized carbons (Fsp3) is 0.667. The Balaban J connectivity index is 1.59. The van der Waals surface area contributed by atoms with Gasteiger partial charge in [-0.25, -0.2) is 13.4 Å². The topological polar surface area (TPSA) is 99.7 Å². The van der Waals surface area contributed by atoms with Gasteiger partial charge in [-0.3, -0.25) is 9.59 Å². The van der Waals surface area contributed by atoms with E-state index in [2.05, 4.69) is 29.0 Å². The van der Waals surface area contributed by atoms with Crippen LogP contribution in [-0.2, 0) is 14.6 Å². The van der Waals surface area contributed by atoms with Crippen LogP contribution in [0.1, 0.15) is 43.5 Å². The van der Waals surface area contributed by atoms with Crippen molar-refractivity contribution in [2.75, 3.05) is 47.9 Å². The third-order valence-electron chi connectivity index (χ3n) is 6.40. The Bertz CT molecular complexity index is 928. The molecule has 9 heteroatoms. The lowest BCUT2D eigenvalue weighted by Gasteiger charge is -2.29. The van der Waals surface area contributed by atoms with Crippen LogP contribution in [0, 0.1) is 17.8 Å². The number of pyridine rings is 1. The Morgan fingerprint density at radius 1 is 1.10 bits per heavy atom. The molecule has 3 fully saturated rings. The molecule has 2 saturated heterocycles. The van der Waals surface area contributed by atoms with Gasteiger partial charge in [0.2, 0.25) is 5.91 Å². The van der Waals surface area contributed by atoms with E-state index in [0.29, 0.717) is 29.0 Å². The molecule has 1 unspecified atom stereocenters. The molecular weight excluding hydrogens is 404 g/mol. The standard InChI is InChI=1S/C21H30N4O4S/c1-14(2)16-7-8-25(13-16)19-17(21(27)24-9-11-30(28,29)12-10-24)5-6-18(22-19)23-20(26)15-3-4-15/h5-6,14-16H,3-4,7-13H2,1-2H3,(H,22,23,26). The number of rotatable bonds is 5. The molecule has 1 aliphatic carbocycles. The second kappa shape index (κ2) is 8.17. The Labute approximate surface area is 177 Å². The van der Waals surface area contributed by atoms with Gasteiger partial charge in [0, 0.05) is 32.1 Å². The number of amides is 2. The molecule has 164 valence electrons. The lowest BCUT2D eigenvalue weighted by molar-refractivity contribution is -0.117. The van der Waals surface area contributed by atoms with E-state index >= 15 is 0 Å². The highest BCUT2D eigenvalue weighted by Crippen LogP contribution is 2.33. The van der Waals surface area contributed by atoms with Crippen molar-refractivity contribution in [1.29, 1.82) is 0 Å². The van der Waals surface area contributed by atoms with Crippen LogP contribution in [0.15, 0.2) is 12.1 Å².